The van der Waals surface area contributed by atoms with Crippen molar-refractivity contribution in [1.82, 2.24) is 4.31 Å². The number of hydrogen-bond donors (Lipinski definition) is 0. The van der Waals surface area contributed by atoms with Gasteiger partial charge in [0.1, 0.15) is 0 Å². The van der Waals surface area contributed by atoms with Crippen LogP contribution in [0.3, 0.4) is 0 Å². The lowest BCUT2D eigenvalue weighted by molar-refractivity contribution is -0.122. The van der Waals surface area contributed by atoms with Gasteiger partial charge in [-0.2, -0.15) is 0 Å². The molecule has 1 fully saturated rings. The van der Waals surface area contributed by atoms with Gasteiger partial charge in [0.05, 0.1) is 10.6 Å². The Kier molecular flexibility index (Phi) is 4.29. The number of thioether (sulfide) groups is 1. The van der Waals surface area contributed by atoms with Gasteiger partial charge in [0, 0.05) is 37.6 Å². The van der Waals surface area contributed by atoms with E-state index >= 15 is 0 Å². The monoisotopic (exact) mass is 443 g/mol. The molecule has 5 rings (SSSR count). The largest absolute Gasteiger partial charge is 0.309 e. The summed E-state index contributed by atoms with van der Waals surface area (Å²) in [6.07, 6.45) is 1.39. The van der Waals surface area contributed by atoms with E-state index in [4.69, 9.17) is 0 Å². The third-order valence-electron chi connectivity index (χ3n) is 5.98. The zero-order chi connectivity index (χ0) is 21.3. The third kappa shape index (κ3) is 2.58. The number of sulfonamides is 1. The van der Waals surface area contributed by atoms with Crippen LogP contribution in [0.15, 0.2) is 52.3 Å². The van der Waals surface area contributed by atoms with E-state index in [2.05, 4.69) is 0 Å². The quantitative estimate of drug-likeness (QED) is 0.728. The van der Waals surface area contributed by atoms with Gasteiger partial charge in [-0.25, -0.2) is 12.7 Å². The zero-order valence-corrected chi connectivity index (χ0v) is 18.3. The lowest BCUT2D eigenvalue weighted by Crippen LogP contribution is -2.53. The van der Waals surface area contributed by atoms with Crippen LogP contribution < -0.4 is 9.80 Å². The Labute approximate surface area is 179 Å². The molecule has 9 heteroatoms. The van der Waals surface area contributed by atoms with Crippen molar-refractivity contribution < 1.29 is 18.0 Å². The first-order valence-corrected chi connectivity index (χ1v) is 12.0. The Morgan fingerprint density at radius 1 is 1.10 bits per heavy atom. The van der Waals surface area contributed by atoms with E-state index in [1.807, 2.05) is 24.3 Å². The van der Waals surface area contributed by atoms with Crippen LogP contribution in [0.5, 0.6) is 0 Å². The number of nitrogens with zero attached hydrogens (tertiary/aromatic N) is 3. The fraction of sp³-hybridized carbons (Fsp3) is 0.333. The molecular weight excluding hydrogens is 422 g/mol. The van der Waals surface area contributed by atoms with Gasteiger partial charge in [0.2, 0.25) is 15.9 Å². The fourth-order valence-electron chi connectivity index (χ4n) is 4.45. The highest BCUT2D eigenvalue weighted by Gasteiger charge is 2.59. The Hall–Kier alpha value is -2.36. The molecule has 0 aliphatic carbocycles. The summed E-state index contributed by atoms with van der Waals surface area (Å²) in [5, 5.41) is 0. The van der Waals surface area contributed by atoms with E-state index in [0.29, 0.717) is 25.8 Å². The molecule has 3 aliphatic heterocycles. The lowest BCUT2D eigenvalue weighted by atomic mass is 10.1. The van der Waals surface area contributed by atoms with E-state index in [1.165, 1.54) is 30.2 Å². The van der Waals surface area contributed by atoms with Crippen molar-refractivity contribution in [2.45, 2.75) is 33.9 Å². The van der Waals surface area contributed by atoms with Crippen LogP contribution in [0.1, 0.15) is 18.4 Å². The Morgan fingerprint density at radius 3 is 2.63 bits per heavy atom. The van der Waals surface area contributed by atoms with Crippen molar-refractivity contribution in [3.63, 3.8) is 0 Å². The smallest absolute Gasteiger partial charge is 0.264 e. The highest BCUT2D eigenvalue weighted by atomic mass is 32.2. The Morgan fingerprint density at radius 2 is 1.87 bits per heavy atom. The number of rotatable bonds is 3. The molecule has 0 aromatic heterocycles. The van der Waals surface area contributed by atoms with Gasteiger partial charge < -0.3 is 4.90 Å². The molecule has 0 saturated carbocycles. The number of hydrogen-bond acceptors (Lipinski definition) is 5. The van der Waals surface area contributed by atoms with E-state index < -0.39 is 14.9 Å². The maximum Gasteiger partial charge on any atom is 0.264 e. The van der Waals surface area contributed by atoms with Crippen LogP contribution in [-0.2, 0) is 26.0 Å². The van der Waals surface area contributed by atoms with Crippen molar-refractivity contribution in [3.8, 4) is 0 Å². The molecule has 1 saturated heterocycles. The average molecular weight is 444 g/mol. The summed E-state index contributed by atoms with van der Waals surface area (Å²) in [7, 11) is -0.542. The normalized spacial score (nSPS) is 22.4. The number of para-hydroxylation sites is 1. The molecule has 3 aliphatic rings. The van der Waals surface area contributed by atoms with Crippen LogP contribution in [0.2, 0.25) is 0 Å². The highest BCUT2D eigenvalue weighted by Crippen LogP contribution is 2.56. The standard InChI is InChI=1S/C21H21N3O4S2/c1-22(2)30(27,28)15-7-8-16-14(13-15)10-12-23(16)20(26)21-11-9-19(25)24(21)17-5-3-4-6-18(17)29-21/h3-8,13H,9-12H2,1-2H3/t21-/m1/s1. The first kappa shape index (κ1) is 19.6. The number of benzene rings is 2. The molecule has 0 bridgehead atoms. The van der Waals surface area contributed by atoms with Crippen LogP contribution in [0, 0.1) is 0 Å². The van der Waals surface area contributed by atoms with Gasteiger partial charge in [-0.05, 0) is 48.7 Å². The topological polar surface area (TPSA) is 78.0 Å². The van der Waals surface area contributed by atoms with Crippen LogP contribution in [0.25, 0.3) is 0 Å². The Bertz CT molecular complexity index is 1190. The predicted molar refractivity (Wildman–Crippen MR) is 115 cm³/mol. The van der Waals surface area contributed by atoms with Crippen LogP contribution >= 0.6 is 11.8 Å². The summed E-state index contributed by atoms with van der Waals surface area (Å²) in [5.74, 6) is -0.149. The number of carbonyl (C=O) groups is 2. The molecule has 2 amide bonds. The first-order valence-electron chi connectivity index (χ1n) is 9.74. The lowest BCUT2D eigenvalue weighted by Gasteiger charge is -2.33. The SMILES string of the molecule is CN(C)S(=O)(=O)c1ccc2c(c1)CCN2C(=O)[C@]12CCC(=O)N1c1ccccc1S2. The summed E-state index contributed by atoms with van der Waals surface area (Å²) < 4.78 is 26.1. The first-order chi connectivity index (χ1) is 14.3. The molecule has 0 radical (unpaired) electrons. The highest BCUT2D eigenvalue weighted by molar-refractivity contribution is 8.02. The molecule has 1 atom stereocenters. The van der Waals surface area contributed by atoms with Crippen molar-refractivity contribution in [2.75, 3.05) is 30.4 Å². The fourth-order valence-corrected chi connectivity index (χ4v) is 6.87. The molecule has 2 aromatic rings. The minimum Gasteiger partial charge on any atom is -0.309 e. The molecule has 7 nitrogen and oxygen atoms in total. The van der Waals surface area contributed by atoms with Gasteiger partial charge >= 0.3 is 0 Å². The van der Waals surface area contributed by atoms with E-state index in [0.717, 1.165) is 21.8 Å². The molecule has 30 heavy (non-hydrogen) atoms. The number of carbonyl (C=O) groups excluding carboxylic acids is 2. The molecule has 156 valence electrons. The summed E-state index contributed by atoms with van der Waals surface area (Å²) in [5.41, 5.74) is 2.35. The maximum absolute atomic E-state index is 13.8. The molecule has 2 aromatic carbocycles. The molecular formula is C21H21N3O4S2. The van der Waals surface area contributed by atoms with Gasteiger partial charge in [-0.1, -0.05) is 23.9 Å². The van der Waals surface area contributed by atoms with Crippen LogP contribution in [0.4, 0.5) is 11.4 Å². The third-order valence-corrected chi connectivity index (χ3v) is 9.25. The summed E-state index contributed by atoms with van der Waals surface area (Å²) in [6.45, 7) is 0.473. The average Bonchev–Trinajstić information content (AvgIpc) is 3.39. The van der Waals surface area contributed by atoms with Gasteiger partial charge in [-0.3, -0.25) is 14.5 Å². The van der Waals surface area contributed by atoms with E-state index in [1.54, 1.807) is 28.0 Å². The maximum atomic E-state index is 13.8. The number of amides is 2. The van der Waals surface area contributed by atoms with Crippen molar-refractivity contribution in [1.29, 1.82) is 0 Å². The predicted octanol–water partition coefficient (Wildman–Crippen LogP) is 2.46. The van der Waals surface area contributed by atoms with Crippen LogP contribution in [-0.4, -0.2) is 50.0 Å². The molecule has 0 unspecified atom stereocenters. The van der Waals surface area contributed by atoms with Gasteiger partial charge in [0.25, 0.3) is 5.91 Å². The number of anilines is 2. The van der Waals surface area contributed by atoms with Crippen molar-refractivity contribution in [3.05, 3.63) is 48.0 Å². The van der Waals surface area contributed by atoms with E-state index in [-0.39, 0.29) is 16.7 Å². The second kappa shape index (κ2) is 6.57. The summed E-state index contributed by atoms with van der Waals surface area (Å²) in [4.78, 5) is 30.1. The van der Waals surface area contributed by atoms with Gasteiger partial charge in [-0.15, -0.1) is 0 Å². The second-order valence-corrected chi connectivity index (χ2v) is 11.3. The zero-order valence-electron chi connectivity index (χ0n) is 16.7. The van der Waals surface area contributed by atoms with E-state index in [9.17, 15) is 18.0 Å². The minimum absolute atomic E-state index is 0.0346. The minimum atomic E-state index is -3.54. The summed E-state index contributed by atoms with van der Waals surface area (Å²) >= 11 is 1.45. The summed E-state index contributed by atoms with van der Waals surface area (Å²) in [6, 6.07) is 12.5. The Balaban J connectivity index is 1.52. The molecule has 3 heterocycles. The molecule has 0 spiro atoms. The van der Waals surface area contributed by atoms with Crippen molar-refractivity contribution >= 4 is 45.0 Å². The van der Waals surface area contributed by atoms with Crippen molar-refractivity contribution in [2.24, 2.45) is 0 Å². The number of fused-ring (bicyclic) bond motifs is 4. The van der Waals surface area contributed by atoms with Gasteiger partial charge in [0.15, 0.2) is 4.87 Å². The molecule has 0 N–H and O–H groups in total. The second-order valence-electron chi connectivity index (χ2n) is 7.87.